The molecule has 0 fully saturated rings. The van der Waals surface area contributed by atoms with Crippen LogP contribution in [0.1, 0.15) is 27.9 Å². The summed E-state index contributed by atoms with van der Waals surface area (Å²) in [7, 11) is 0. The van der Waals surface area contributed by atoms with Crippen molar-refractivity contribution in [3.05, 3.63) is 64.3 Å². The molecule has 1 atom stereocenters. The Bertz CT molecular complexity index is 992. The molecule has 0 radical (unpaired) electrons. The average Bonchev–Trinajstić information content (AvgIpc) is 3.08. The van der Waals surface area contributed by atoms with Gasteiger partial charge in [0.05, 0.1) is 5.02 Å². The summed E-state index contributed by atoms with van der Waals surface area (Å²) >= 11 is 3.95. The summed E-state index contributed by atoms with van der Waals surface area (Å²) < 4.78 is 42.3. The van der Waals surface area contributed by atoms with Crippen LogP contribution < -0.4 is 4.72 Å². The van der Waals surface area contributed by atoms with Gasteiger partial charge in [-0.15, -0.1) is 0 Å². The fourth-order valence-electron chi connectivity index (χ4n) is 2.58. The third kappa shape index (κ3) is 4.16. The molecule has 136 valence electrons. The van der Waals surface area contributed by atoms with E-state index in [1.54, 1.807) is 12.1 Å². The van der Waals surface area contributed by atoms with Crippen LogP contribution in [0.5, 0.6) is 0 Å². The third-order valence-corrected chi connectivity index (χ3v) is 4.68. The molecule has 1 unspecified atom stereocenters. The topological polar surface area (TPSA) is 95.3 Å². The molecule has 0 saturated carbocycles. The quantitative estimate of drug-likeness (QED) is 0.376. The van der Waals surface area contributed by atoms with Crippen LogP contribution in [-0.4, -0.2) is 26.1 Å². The molecule has 0 amide bonds. The largest absolute Gasteiger partial charge is 0.760 e. The third-order valence-electron chi connectivity index (χ3n) is 3.79. The molecule has 1 N–H and O–H groups in total. The number of ketones is 1. The number of nitrogens with zero attached hydrogens (tertiary/aromatic N) is 1. The second kappa shape index (κ2) is 8.05. The van der Waals surface area contributed by atoms with E-state index < -0.39 is 22.9 Å². The van der Waals surface area contributed by atoms with E-state index in [9.17, 15) is 17.9 Å². The van der Waals surface area contributed by atoms with E-state index in [0.29, 0.717) is 35.1 Å². The lowest BCUT2D eigenvalue weighted by Crippen LogP contribution is -2.18. The maximum atomic E-state index is 14.0. The summed E-state index contributed by atoms with van der Waals surface area (Å²) in [4.78, 5) is 16.7. The van der Waals surface area contributed by atoms with Crippen molar-refractivity contribution < 1.29 is 22.4 Å². The summed E-state index contributed by atoms with van der Waals surface area (Å²) in [6, 6.07) is 7.06. The van der Waals surface area contributed by atoms with E-state index in [1.165, 1.54) is 18.5 Å². The Morgan fingerprint density at radius 3 is 2.92 bits per heavy atom. The van der Waals surface area contributed by atoms with E-state index in [2.05, 4.69) is 9.71 Å². The van der Waals surface area contributed by atoms with Gasteiger partial charge in [0.1, 0.15) is 11.3 Å². The molecule has 0 aliphatic heterocycles. The Morgan fingerprint density at radius 2 is 2.15 bits per heavy atom. The molecule has 3 rings (SSSR count). The summed E-state index contributed by atoms with van der Waals surface area (Å²) in [6.45, 7) is 0.189. The monoisotopic (exact) mass is 395 g/mol. The van der Waals surface area contributed by atoms with E-state index >= 15 is 0 Å². The molecule has 2 aromatic carbocycles. The smallest absolute Gasteiger partial charge is 0.194 e. The number of hydrogen-bond donors (Lipinski definition) is 1. The molecule has 0 saturated heterocycles. The van der Waals surface area contributed by atoms with Crippen molar-refractivity contribution in [2.45, 2.75) is 12.8 Å². The minimum atomic E-state index is -2.35. The average molecular weight is 396 g/mol. The molecule has 0 aliphatic rings. The minimum absolute atomic E-state index is 0.0425. The van der Waals surface area contributed by atoms with E-state index in [0.717, 1.165) is 6.07 Å². The van der Waals surface area contributed by atoms with Gasteiger partial charge in [-0.1, -0.05) is 11.6 Å². The Kier molecular flexibility index (Phi) is 5.77. The molecule has 3 aromatic rings. The zero-order chi connectivity index (χ0) is 18.7. The van der Waals surface area contributed by atoms with Gasteiger partial charge < -0.3 is 8.97 Å². The highest BCUT2D eigenvalue weighted by Gasteiger charge is 2.18. The summed E-state index contributed by atoms with van der Waals surface area (Å²) in [5, 5.41) is 0.150. The maximum absolute atomic E-state index is 14.0. The number of carbonyl (C=O) groups excluding carboxylic acids is 1. The lowest BCUT2D eigenvalue weighted by Gasteiger charge is -2.11. The number of oxazole rings is 1. The van der Waals surface area contributed by atoms with Crippen LogP contribution in [0.3, 0.4) is 0 Å². The normalized spacial score (nSPS) is 12.4. The molecule has 0 bridgehead atoms. The molecule has 0 aliphatic carbocycles. The molecule has 9 heteroatoms. The molecule has 0 spiro atoms. The first-order valence-electron chi connectivity index (χ1n) is 7.64. The first kappa shape index (κ1) is 18.7. The molecule has 1 heterocycles. The summed E-state index contributed by atoms with van der Waals surface area (Å²) in [5.74, 6) is -1.03. The van der Waals surface area contributed by atoms with Crippen molar-refractivity contribution in [1.82, 2.24) is 9.71 Å². The number of carbonyl (C=O) groups is 1. The van der Waals surface area contributed by atoms with Gasteiger partial charge in [0, 0.05) is 28.9 Å². The van der Waals surface area contributed by atoms with Crippen LogP contribution >= 0.6 is 11.6 Å². The Hall–Kier alpha value is -2.13. The summed E-state index contributed by atoms with van der Waals surface area (Å²) in [5.41, 5.74) is 1.84. The maximum Gasteiger partial charge on any atom is 0.194 e. The van der Waals surface area contributed by atoms with Crippen molar-refractivity contribution in [2.24, 2.45) is 0 Å². The zero-order valence-electron chi connectivity index (χ0n) is 13.3. The molecular weight excluding hydrogens is 383 g/mol. The van der Waals surface area contributed by atoms with Gasteiger partial charge >= 0.3 is 0 Å². The van der Waals surface area contributed by atoms with Crippen molar-refractivity contribution >= 4 is 39.8 Å². The van der Waals surface area contributed by atoms with Gasteiger partial charge in [-0.2, -0.15) is 0 Å². The fourth-order valence-corrected chi connectivity index (χ4v) is 3.18. The van der Waals surface area contributed by atoms with Crippen LogP contribution in [0, 0.1) is 5.82 Å². The second-order valence-electron chi connectivity index (χ2n) is 5.52. The molecule has 1 aromatic heterocycles. The van der Waals surface area contributed by atoms with Crippen molar-refractivity contribution in [1.29, 1.82) is 0 Å². The van der Waals surface area contributed by atoms with Crippen LogP contribution in [0.4, 0.5) is 4.39 Å². The first-order valence-corrected chi connectivity index (χ1v) is 9.09. The molecular formula is C17H13ClFN2O4S-. The van der Waals surface area contributed by atoms with E-state index in [-0.39, 0.29) is 17.1 Å². The Balaban J connectivity index is 1.86. The number of aryl methyl sites for hydroxylation is 1. The number of halogens is 2. The van der Waals surface area contributed by atoms with Gasteiger partial charge in [0.15, 0.2) is 17.8 Å². The number of rotatable bonds is 7. The number of aromatic nitrogens is 1. The number of benzene rings is 2. The second-order valence-corrected chi connectivity index (χ2v) is 6.66. The van der Waals surface area contributed by atoms with Gasteiger partial charge in [0.2, 0.25) is 0 Å². The standard InChI is InChI=1S/C17H14ClFN2O4S/c18-16-10(2-1-5-21-26(23)24)6-12(19)8-13(16)17(22)11-3-4-14-15(7-11)25-9-20-14/h3-4,6-9,21H,1-2,5H2,(H,23,24)/p-1. The van der Waals surface area contributed by atoms with Gasteiger partial charge in [-0.3, -0.25) is 9.00 Å². The van der Waals surface area contributed by atoms with E-state index in [1.807, 2.05) is 0 Å². The lowest BCUT2D eigenvalue weighted by molar-refractivity contribution is 0.103. The zero-order valence-corrected chi connectivity index (χ0v) is 14.9. The Labute approximate surface area is 155 Å². The molecule has 26 heavy (non-hydrogen) atoms. The number of nitrogens with one attached hydrogen (secondary N) is 1. The van der Waals surface area contributed by atoms with Gasteiger partial charge in [-0.05, 0) is 48.7 Å². The van der Waals surface area contributed by atoms with Crippen molar-refractivity contribution in [3.63, 3.8) is 0 Å². The van der Waals surface area contributed by atoms with E-state index in [4.69, 9.17) is 16.0 Å². The van der Waals surface area contributed by atoms with Crippen LogP contribution in [0.15, 0.2) is 41.1 Å². The highest BCUT2D eigenvalue weighted by Crippen LogP contribution is 2.27. The van der Waals surface area contributed by atoms with Gasteiger partial charge in [0.25, 0.3) is 0 Å². The van der Waals surface area contributed by atoms with Gasteiger partial charge in [-0.25, -0.2) is 14.1 Å². The fraction of sp³-hybridized carbons (Fsp3) is 0.176. The first-order chi connectivity index (χ1) is 12.5. The predicted molar refractivity (Wildman–Crippen MR) is 94.1 cm³/mol. The number of hydrogen-bond acceptors (Lipinski definition) is 5. The highest BCUT2D eigenvalue weighted by atomic mass is 35.5. The SMILES string of the molecule is O=C(c1ccc2ncoc2c1)c1cc(F)cc(CCCNS(=O)[O-])c1Cl. The minimum Gasteiger partial charge on any atom is -0.760 e. The van der Waals surface area contributed by atoms with Crippen LogP contribution in [0.2, 0.25) is 5.02 Å². The molecule has 6 nitrogen and oxygen atoms in total. The van der Waals surface area contributed by atoms with Crippen molar-refractivity contribution in [2.75, 3.05) is 6.54 Å². The predicted octanol–water partition coefficient (Wildman–Crippen LogP) is 3.17. The summed E-state index contributed by atoms with van der Waals surface area (Å²) in [6.07, 6.45) is 2.01. The number of fused-ring (bicyclic) bond motifs is 1. The van der Waals surface area contributed by atoms with Crippen LogP contribution in [0.25, 0.3) is 11.1 Å². The van der Waals surface area contributed by atoms with Crippen LogP contribution in [-0.2, 0) is 17.7 Å². The Morgan fingerprint density at radius 1 is 1.35 bits per heavy atom. The lowest BCUT2D eigenvalue weighted by atomic mass is 9.99. The van der Waals surface area contributed by atoms with Crippen molar-refractivity contribution in [3.8, 4) is 0 Å². The highest BCUT2D eigenvalue weighted by molar-refractivity contribution is 7.77.